The minimum absolute atomic E-state index is 0.256. The topological polar surface area (TPSA) is 99.4 Å². The maximum atomic E-state index is 11.6. The van der Waals surface area contributed by atoms with Crippen LogP contribution in [-0.4, -0.2) is 31.5 Å². The Balaban J connectivity index is 2.01. The lowest BCUT2D eigenvalue weighted by molar-refractivity contribution is 0.0946. The molecule has 0 aliphatic carbocycles. The number of nitrogens with one attached hydrogen (secondary N) is 3. The molecule has 1 amide bonds. The third kappa shape index (κ3) is 1.92. The van der Waals surface area contributed by atoms with Crippen LogP contribution in [-0.2, 0) is 6.54 Å². The quantitative estimate of drug-likeness (QED) is 0.681. The molecule has 0 atom stereocenters. The highest BCUT2D eigenvalue weighted by Gasteiger charge is 2.11. The van der Waals surface area contributed by atoms with Gasteiger partial charge in [-0.3, -0.25) is 9.89 Å². The zero-order chi connectivity index (χ0) is 11.5. The average Bonchev–Trinajstić information content (AvgIpc) is 2.87. The van der Waals surface area contributed by atoms with Crippen LogP contribution in [0.4, 0.5) is 0 Å². The third-order valence-electron chi connectivity index (χ3n) is 2.35. The van der Waals surface area contributed by atoms with Crippen molar-refractivity contribution in [3.8, 4) is 0 Å². The van der Waals surface area contributed by atoms with Crippen molar-refractivity contribution < 1.29 is 4.79 Å². The van der Waals surface area contributed by atoms with Gasteiger partial charge in [-0.2, -0.15) is 20.5 Å². The molecule has 7 heteroatoms. The number of aryl methyl sites for hydroxylation is 2. The normalized spacial score (nSPS) is 10.4. The van der Waals surface area contributed by atoms with Crippen LogP contribution < -0.4 is 5.32 Å². The monoisotopic (exact) mass is 220 g/mol. The van der Waals surface area contributed by atoms with Gasteiger partial charge in [0, 0.05) is 17.8 Å². The molecule has 0 fully saturated rings. The highest BCUT2D eigenvalue weighted by atomic mass is 16.1. The van der Waals surface area contributed by atoms with Gasteiger partial charge in [0.05, 0.1) is 11.9 Å². The van der Waals surface area contributed by atoms with Crippen molar-refractivity contribution in [2.45, 2.75) is 20.4 Å². The molecule has 2 heterocycles. The van der Waals surface area contributed by atoms with Crippen molar-refractivity contribution in [1.82, 2.24) is 30.9 Å². The molecular weight excluding hydrogens is 208 g/mol. The molecule has 0 saturated heterocycles. The molecule has 2 aromatic heterocycles. The molecule has 2 rings (SSSR count). The van der Waals surface area contributed by atoms with E-state index >= 15 is 0 Å². The van der Waals surface area contributed by atoms with Crippen molar-refractivity contribution >= 4 is 5.91 Å². The van der Waals surface area contributed by atoms with Gasteiger partial charge in [0.1, 0.15) is 0 Å². The molecule has 0 aliphatic heterocycles. The number of nitrogens with zero attached hydrogens (tertiary/aromatic N) is 3. The van der Waals surface area contributed by atoms with Crippen LogP contribution in [0.25, 0.3) is 0 Å². The number of carbonyl (C=O) groups is 1. The Hall–Kier alpha value is -2.18. The number of hydrogen-bond donors (Lipinski definition) is 3. The van der Waals surface area contributed by atoms with Crippen LogP contribution in [0.1, 0.15) is 27.4 Å². The predicted molar refractivity (Wildman–Crippen MR) is 55.6 cm³/mol. The van der Waals surface area contributed by atoms with Crippen molar-refractivity contribution in [3.05, 3.63) is 28.8 Å². The summed E-state index contributed by atoms with van der Waals surface area (Å²) in [6.45, 7) is 4.23. The summed E-state index contributed by atoms with van der Waals surface area (Å²) in [5.74, 6) is -0.256. The van der Waals surface area contributed by atoms with Gasteiger partial charge in [-0.05, 0) is 13.8 Å². The van der Waals surface area contributed by atoms with Gasteiger partial charge < -0.3 is 5.32 Å². The number of aromatic amines is 2. The fourth-order valence-electron chi connectivity index (χ4n) is 1.40. The van der Waals surface area contributed by atoms with E-state index in [1.165, 1.54) is 6.20 Å². The first kappa shape index (κ1) is 10.3. The molecule has 2 aromatic rings. The Morgan fingerprint density at radius 2 is 2.25 bits per heavy atom. The van der Waals surface area contributed by atoms with Crippen LogP contribution >= 0.6 is 0 Å². The van der Waals surface area contributed by atoms with Gasteiger partial charge in [-0.1, -0.05) is 0 Å². The average molecular weight is 220 g/mol. The minimum Gasteiger partial charge on any atom is -0.346 e. The van der Waals surface area contributed by atoms with Crippen molar-refractivity contribution in [3.63, 3.8) is 0 Å². The van der Waals surface area contributed by atoms with Gasteiger partial charge in [0.25, 0.3) is 5.91 Å². The molecule has 16 heavy (non-hydrogen) atoms. The maximum Gasteiger partial charge on any atom is 0.273 e. The number of H-pyrrole nitrogens is 2. The van der Waals surface area contributed by atoms with E-state index in [1.807, 2.05) is 13.8 Å². The van der Waals surface area contributed by atoms with Gasteiger partial charge in [0.15, 0.2) is 5.69 Å². The Bertz CT molecular complexity index is 467. The molecule has 0 aliphatic rings. The summed E-state index contributed by atoms with van der Waals surface area (Å²) in [6.07, 6.45) is 1.38. The Kier molecular flexibility index (Phi) is 2.67. The SMILES string of the molecule is Cc1n[nH]c(C)c1CNC(=O)c1cn[nH]n1. The molecule has 0 aromatic carbocycles. The standard InChI is InChI=1S/C9H12N6O/c1-5-7(6(2)13-12-5)3-10-9(16)8-4-11-15-14-8/h4H,3H2,1-2H3,(H,10,16)(H,12,13)(H,11,14,15). The molecule has 0 spiro atoms. The van der Waals surface area contributed by atoms with Crippen LogP contribution in [0.3, 0.4) is 0 Å². The van der Waals surface area contributed by atoms with E-state index < -0.39 is 0 Å². The summed E-state index contributed by atoms with van der Waals surface area (Å²) >= 11 is 0. The third-order valence-corrected chi connectivity index (χ3v) is 2.35. The number of hydrogen-bond acceptors (Lipinski definition) is 4. The zero-order valence-electron chi connectivity index (χ0n) is 9.03. The van der Waals surface area contributed by atoms with Gasteiger partial charge >= 0.3 is 0 Å². The lowest BCUT2D eigenvalue weighted by Gasteiger charge is -2.02. The van der Waals surface area contributed by atoms with Gasteiger partial charge in [0.2, 0.25) is 0 Å². The Morgan fingerprint density at radius 1 is 1.44 bits per heavy atom. The first-order valence-electron chi connectivity index (χ1n) is 4.83. The van der Waals surface area contributed by atoms with E-state index in [0.29, 0.717) is 6.54 Å². The van der Waals surface area contributed by atoms with E-state index in [1.54, 1.807) is 0 Å². The van der Waals surface area contributed by atoms with Gasteiger partial charge in [-0.15, -0.1) is 0 Å². The minimum atomic E-state index is -0.256. The van der Waals surface area contributed by atoms with Crippen molar-refractivity contribution in [2.24, 2.45) is 0 Å². The number of carbonyl (C=O) groups excluding carboxylic acids is 1. The summed E-state index contributed by atoms with van der Waals surface area (Å²) in [5.41, 5.74) is 3.12. The van der Waals surface area contributed by atoms with E-state index in [0.717, 1.165) is 17.0 Å². The van der Waals surface area contributed by atoms with Crippen molar-refractivity contribution in [2.75, 3.05) is 0 Å². The number of amides is 1. The number of aromatic nitrogens is 5. The molecule has 0 bridgehead atoms. The molecule has 0 saturated carbocycles. The maximum absolute atomic E-state index is 11.6. The second kappa shape index (κ2) is 4.13. The lowest BCUT2D eigenvalue weighted by Crippen LogP contribution is -2.23. The Morgan fingerprint density at radius 3 is 2.81 bits per heavy atom. The van der Waals surface area contributed by atoms with E-state index in [4.69, 9.17) is 0 Å². The van der Waals surface area contributed by atoms with Crippen LogP contribution in [0.15, 0.2) is 6.20 Å². The lowest BCUT2D eigenvalue weighted by atomic mass is 10.2. The molecule has 3 N–H and O–H groups in total. The highest BCUT2D eigenvalue weighted by Crippen LogP contribution is 2.08. The van der Waals surface area contributed by atoms with E-state index in [-0.39, 0.29) is 11.6 Å². The second-order valence-corrected chi connectivity index (χ2v) is 3.45. The van der Waals surface area contributed by atoms with Crippen LogP contribution in [0, 0.1) is 13.8 Å². The molecule has 0 radical (unpaired) electrons. The summed E-state index contributed by atoms with van der Waals surface area (Å²) in [7, 11) is 0. The second-order valence-electron chi connectivity index (χ2n) is 3.45. The van der Waals surface area contributed by atoms with Crippen molar-refractivity contribution in [1.29, 1.82) is 0 Å². The van der Waals surface area contributed by atoms with Crippen LogP contribution in [0.2, 0.25) is 0 Å². The first-order valence-corrected chi connectivity index (χ1v) is 4.83. The Labute approximate surface area is 91.6 Å². The predicted octanol–water partition coefficient (Wildman–Crippen LogP) is 0.0746. The molecule has 7 nitrogen and oxygen atoms in total. The fourth-order valence-corrected chi connectivity index (χ4v) is 1.40. The van der Waals surface area contributed by atoms with E-state index in [2.05, 4.69) is 30.9 Å². The summed E-state index contributed by atoms with van der Waals surface area (Å²) < 4.78 is 0. The van der Waals surface area contributed by atoms with Gasteiger partial charge in [-0.25, -0.2) is 0 Å². The number of rotatable bonds is 3. The van der Waals surface area contributed by atoms with Crippen LogP contribution in [0.5, 0.6) is 0 Å². The molecule has 0 unspecified atom stereocenters. The van der Waals surface area contributed by atoms with E-state index in [9.17, 15) is 4.79 Å². The largest absolute Gasteiger partial charge is 0.346 e. The summed E-state index contributed by atoms with van der Waals surface area (Å²) in [6, 6.07) is 0. The smallest absolute Gasteiger partial charge is 0.273 e. The summed E-state index contributed by atoms with van der Waals surface area (Å²) in [5, 5.41) is 19.3. The first-order chi connectivity index (χ1) is 7.68. The highest BCUT2D eigenvalue weighted by molar-refractivity contribution is 5.91. The zero-order valence-corrected chi connectivity index (χ0v) is 9.03. The molecular formula is C9H12N6O. The fraction of sp³-hybridized carbons (Fsp3) is 0.333. The summed E-state index contributed by atoms with van der Waals surface area (Å²) in [4.78, 5) is 11.6. The molecule has 84 valence electrons.